The molecule has 0 saturated heterocycles. The summed E-state index contributed by atoms with van der Waals surface area (Å²) in [6.45, 7) is 2.37. The number of aryl methyl sites for hydroxylation is 1. The van der Waals surface area contributed by atoms with Gasteiger partial charge in [0.15, 0.2) is 5.76 Å². The number of fused-ring (bicyclic) bond motifs is 1. The number of benzene rings is 2. The molecule has 4 aromatic rings. The molecule has 2 heterocycles. The Morgan fingerprint density at radius 2 is 1.93 bits per heavy atom. The number of furan rings is 1. The molecular formula is C20H16ClN3O3. The van der Waals surface area contributed by atoms with Crippen LogP contribution in [0.3, 0.4) is 0 Å². The Hall–Kier alpha value is -3.12. The normalized spacial score (nSPS) is 11.0. The van der Waals surface area contributed by atoms with E-state index >= 15 is 0 Å². The zero-order chi connectivity index (χ0) is 18.8. The van der Waals surface area contributed by atoms with E-state index in [9.17, 15) is 4.79 Å². The van der Waals surface area contributed by atoms with Crippen LogP contribution >= 0.6 is 11.6 Å². The Morgan fingerprint density at radius 3 is 2.70 bits per heavy atom. The Kier molecular flexibility index (Phi) is 4.64. The summed E-state index contributed by atoms with van der Waals surface area (Å²) >= 11 is 5.86. The molecule has 0 aliphatic rings. The van der Waals surface area contributed by atoms with Crippen molar-refractivity contribution in [2.24, 2.45) is 0 Å². The fraction of sp³-hybridized carbons (Fsp3) is 0.150. The van der Waals surface area contributed by atoms with Gasteiger partial charge in [0.2, 0.25) is 5.82 Å². The van der Waals surface area contributed by atoms with Crippen molar-refractivity contribution in [3.63, 3.8) is 0 Å². The first-order valence-corrected chi connectivity index (χ1v) is 8.84. The van der Waals surface area contributed by atoms with E-state index in [0.717, 1.165) is 22.1 Å². The molecule has 4 rings (SSSR count). The summed E-state index contributed by atoms with van der Waals surface area (Å²) in [5.74, 6) is 0.240. The lowest BCUT2D eigenvalue weighted by Gasteiger charge is -2.02. The molecule has 2 aromatic carbocycles. The summed E-state index contributed by atoms with van der Waals surface area (Å²) in [5.41, 5.74) is 2.72. The van der Waals surface area contributed by atoms with Crippen LogP contribution in [0.2, 0.25) is 5.02 Å². The molecule has 0 saturated carbocycles. The lowest BCUT2D eigenvalue weighted by atomic mass is 10.1. The van der Waals surface area contributed by atoms with Gasteiger partial charge in [0.1, 0.15) is 5.58 Å². The van der Waals surface area contributed by atoms with E-state index in [1.54, 1.807) is 0 Å². The Bertz CT molecular complexity index is 1100. The molecule has 0 aliphatic carbocycles. The quantitative estimate of drug-likeness (QED) is 0.553. The molecule has 0 atom stereocenters. The molecule has 2 aromatic heterocycles. The van der Waals surface area contributed by atoms with Gasteiger partial charge in [0.05, 0.1) is 0 Å². The fourth-order valence-corrected chi connectivity index (χ4v) is 2.97. The smallest absolute Gasteiger partial charge is 0.316 e. The van der Waals surface area contributed by atoms with Crippen LogP contribution in [0.5, 0.6) is 0 Å². The summed E-state index contributed by atoms with van der Waals surface area (Å²) in [6.07, 6.45) is 0.673. The van der Waals surface area contributed by atoms with Gasteiger partial charge in [-0.1, -0.05) is 47.1 Å². The van der Waals surface area contributed by atoms with Crippen LogP contribution in [-0.2, 0) is 6.42 Å². The Morgan fingerprint density at radius 1 is 1.15 bits per heavy atom. The Balaban J connectivity index is 1.44. The van der Waals surface area contributed by atoms with Crippen LogP contribution in [0.1, 0.15) is 21.8 Å². The van der Waals surface area contributed by atoms with Gasteiger partial charge in [0.25, 0.3) is 0 Å². The molecule has 0 fully saturated rings. The standard InChI is InChI=1S/C20H16ClN3O3/c1-12-15-4-2-3-5-16(15)26-17(12)18-23-20(27-24-18)19(25)22-11-10-13-6-8-14(21)9-7-13/h2-9H,10-11H2,1H3,(H,22,25). The van der Waals surface area contributed by atoms with E-state index in [1.165, 1.54) is 0 Å². The van der Waals surface area contributed by atoms with Crippen molar-refractivity contribution in [2.45, 2.75) is 13.3 Å². The van der Waals surface area contributed by atoms with Gasteiger partial charge in [-0.3, -0.25) is 4.79 Å². The number of nitrogens with zero attached hydrogens (tertiary/aromatic N) is 2. The minimum atomic E-state index is -0.420. The molecule has 7 heteroatoms. The van der Waals surface area contributed by atoms with Crippen LogP contribution in [0.15, 0.2) is 57.5 Å². The number of hydrogen-bond donors (Lipinski definition) is 1. The second-order valence-corrected chi connectivity index (χ2v) is 6.54. The number of para-hydroxylation sites is 1. The van der Waals surface area contributed by atoms with Gasteiger partial charge in [-0.15, -0.1) is 0 Å². The number of carbonyl (C=O) groups excluding carboxylic acids is 1. The number of aromatic nitrogens is 2. The predicted octanol–water partition coefficient (Wildman–Crippen LogP) is 4.42. The fourth-order valence-electron chi connectivity index (χ4n) is 2.84. The zero-order valence-corrected chi connectivity index (χ0v) is 15.3. The molecule has 0 radical (unpaired) electrons. The van der Waals surface area contributed by atoms with Crippen molar-refractivity contribution in [1.82, 2.24) is 15.5 Å². The lowest BCUT2D eigenvalue weighted by Crippen LogP contribution is -2.25. The van der Waals surface area contributed by atoms with E-state index in [0.29, 0.717) is 23.7 Å². The molecule has 1 N–H and O–H groups in total. The van der Waals surface area contributed by atoms with Crippen molar-refractivity contribution in [1.29, 1.82) is 0 Å². The predicted molar refractivity (Wildman–Crippen MR) is 102 cm³/mol. The number of halogens is 1. The molecule has 1 amide bonds. The third-order valence-electron chi connectivity index (χ3n) is 4.28. The van der Waals surface area contributed by atoms with Gasteiger partial charge in [-0.25, -0.2) is 0 Å². The molecule has 0 aliphatic heterocycles. The second kappa shape index (κ2) is 7.25. The SMILES string of the molecule is Cc1c(-c2noc(C(=O)NCCc3ccc(Cl)cc3)n2)oc2ccccc12. The van der Waals surface area contributed by atoms with Crippen molar-refractivity contribution in [2.75, 3.05) is 6.54 Å². The van der Waals surface area contributed by atoms with Gasteiger partial charge in [0, 0.05) is 22.5 Å². The minimum absolute atomic E-state index is 0.0963. The van der Waals surface area contributed by atoms with Crippen molar-refractivity contribution in [3.05, 3.63) is 70.6 Å². The number of carbonyl (C=O) groups is 1. The molecule has 136 valence electrons. The van der Waals surface area contributed by atoms with Crippen molar-refractivity contribution in [3.8, 4) is 11.6 Å². The van der Waals surface area contributed by atoms with Gasteiger partial charge in [-0.2, -0.15) is 4.98 Å². The zero-order valence-electron chi connectivity index (χ0n) is 14.5. The molecule has 0 bridgehead atoms. The molecular weight excluding hydrogens is 366 g/mol. The number of nitrogens with one attached hydrogen (secondary N) is 1. The maximum absolute atomic E-state index is 12.2. The number of amides is 1. The minimum Gasteiger partial charge on any atom is -0.452 e. The monoisotopic (exact) mass is 381 g/mol. The Labute approximate surface area is 160 Å². The van der Waals surface area contributed by atoms with Gasteiger partial charge >= 0.3 is 11.8 Å². The molecule has 0 spiro atoms. The first-order chi connectivity index (χ1) is 13.1. The summed E-state index contributed by atoms with van der Waals surface area (Å²) in [6, 6.07) is 15.1. The molecule has 6 nitrogen and oxygen atoms in total. The summed E-state index contributed by atoms with van der Waals surface area (Å²) < 4.78 is 10.9. The van der Waals surface area contributed by atoms with Crippen molar-refractivity contribution >= 4 is 28.5 Å². The highest BCUT2D eigenvalue weighted by molar-refractivity contribution is 6.30. The average molecular weight is 382 g/mol. The molecule has 0 unspecified atom stereocenters. The maximum Gasteiger partial charge on any atom is 0.316 e. The molecule has 27 heavy (non-hydrogen) atoms. The van der Waals surface area contributed by atoms with Gasteiger partial charge in [-0.05, 0) is 37.1 Å². The van der Waals surface area contributed by atoms with Crippen LogP contribution < -0.4 is 5.32 Å². The summed E-state index contributed by atoms with van der Waals surface area (Å²) in [5, 5.41) is 8.31. The van der Waals surface area contributed by atoms with E-state index in [4.69, 9.17) is 20.5 Å². The van der Waals surface area contributed by atoms with Crippen LogP contribution in [-0.4, -0.2) is 22.6 Å². The first-order valence-electron chi connectivity index (χ1n) is 8.46. The van der Waals surface area contributed by atoms with Crippen LogP contribution in [0.25, 0.3) is 22.6 Å². The van der Waals surface area contributed by atoms with E-state index in [-0.39, 0.29) is 11.7 Å². The average Bonchev–Trinajstić information content (AvgIpc) is 3.29. The highest BCUT2D eigenvalue weighted by Gasteiger charge is 2.20. The number of rotatable bonds is 5. The van der Waals surface area contributed by atoms with Gasteiger partial charge < -0.3 is 14.3 Å². The highest BCUT2D eigenvalue weighted by Crippen LogP contribution is 2.31. The van der Waals surface area contributed by atoms with Crippen molar-refractivity contribution < 1.29 is 13.7 Å². The summed E-state index contributed by atoms with van der Waals surface area (Å²) in [4.78, 5) is 16.4. The number of hydrogen-bond acceptors (Lipinski definition) is 5. The lowest BCUT2D eigenvalue weighted by molar-refractivity contribution is 0.0910. The maximum atomic E-state index is 12.2. The highest BCUT2D eigenvalue weighted by atomic mass is 35.5. The van der Waals surface area contributed by atoms with Crippen LogP contribution in [0, 0.1) is 6.92 Å². The second-order valence-electron chi connectivity index (χ2n) is 6.11. The van der Waals surface area contributed by atoms with Crippen LogP contribution in [0.4, 0.5) is 0 Å². The largest absolute Gasteiger partial charge is 0.452 e. The topological polar surface area (TPSA) is 81.2 Å². The first kappa shape index (κ1) is 17.3. The summed E-state index contributed by atoms with van der Waals surface area (Å²) in [7, 11) is 0. The van der Waals surface area contributed by atoms with E-state index < -0.39 is 5.91 Å². The third-order valence-corrected chi connectivity index (χ3v) is 4.53. The van der Waals surface area contributed by atoms with E-state index in [1.807, 2.05) is 55.5 Å². The van der Waals surface area contributed by atoms with E-state index in [2.05, 4.69) is 15.5 Å². The third kappa shape index (κ3) is 3.57.